The number of carbonyl (C=O) groups excluding carboxylic acids is 1. The molecule has 1 amide bonds. The van der Waals surface area contributed by atoms with Crippen molar-refractivity contribution in [3.63, 3.8) is 0 Å². The van der Waals surface area contributed by atoms with Crippen molar-refractivity contribution in [1.82, 2.24) is 15.2 Å². The topological polar surface area (TPSA) is 45.2 Å². The fourth-order valence-electron chi connectivity index (χ4n) is 3.36. The number of nitrogens with zero attached hydrogens (tertiary/aromatic N) is 2. The van der Waals surface area contributed by atoms with Crippen LogP contribution in [0.2, 0.25) is 0 Å². The highest BCUT2D eigenvalue weighted by atomic mass is 32.1. The third kappa shape index (κ3) is 5.38. The Morgan fingerprint density at radius 1 is 1.36 bits per heavy atom. The quantitative estimate of drug-likeness (QED) is 0.783. The summed E-state index contributed by atoms with van der Waals surface area (Å²) in [6.07, 6.45) is 4.29. The Morgan fingerprint density at radius 2 is 2.20 bits per heavy atom. The van der Waals surface area contributed by atoms with E-state index in [4.69, 9.17) is 0 Å². The highest BCUT2D eigenvalue weighted by molar-refractivity contribution is 7.09. The third-order valence-corrected chi connectivity index (χ3v) is 5.61. The number of nitrogens with one attached hydrogen (secondary N) is 1. The van der Waals surface area contributed by atoms with Gasteiger partial charge in [0.05, 0.1) is 5.01 Å². The first-order valence-electron chi connectivity index (χ1n) is 9.23. The number of aryl methyl sites for hydroxylation is 1. The van der Waals surface area contributed by atoms with Crippen molar-refractivity contribution in [1.29, 1.82) is 0 Å². The SMILES string of the molecule is CCCc1nc(C(=O)NCC[C@@H]2CCN(Cc3ccccc3)C2)cs1. The van der Waals surface area contributed by atoms with Gasteiger partial charge in [-0.1, -0.05) is 37.3 Å². The largest absolute Gasteiger partial charge is 0.351 e. The van der Waals surface area contributed by atoms with Crippen LogP contribution in [0.4, 0.5) is 0 Å². The van der Waals surface area contributed by atoms with E-state index in [-0.39, 0.29) is 5.91 Å². The third-order valence-electron chi connectivity index (χ3n) is 4.71. The van der Waals surface area contributed by atoms with Gasteiger partial charge in [-0.25, -0.2) is 4.98 Å². The summed E-state index contributed by atoms with van der Waals surface area (Å²) in [5.41, 5.74) is 1.95. The van der Waals surface area contributed by atoms with Crippen molar-refractivity contribution in [3.05, 3.63) is 52.0 Å². The number of amides is 1. The van der Waals surface area contributed by atoms with Gasteiger partial charge in [0.1, 0.15) is 5.69 Å². The Morgan fingerprint density at radius 3 is 3.00 bits per heavy atom. The van der Waals surface area contributed by atoms with Gasteiger partial charge >= 0.3 is 0 Å². The molecule has 1 aromatic carbocycles. The number of carbonyl (C=O) groups is 1. The van der Waals surface area contributed by atoms with Crippen LogP contribution in [0.25, 0.3) is 0 Å². The number of likely N-dealkylation sites (tertiary alicyclic amines) is 1. The average Bonchev–Trinajstić information content (AvgIpc) is 3.26. The number of aromatic nitrogens is 1. The summed E-state index contributed by atoms with van der Waals surface area (Å²) in [6.45, 7) is 6.18. The predicted octanol–water partition coefficient (Wildman–Crippen LogP) is 3.74. The zero-order valence-corrected chi connectivity index (χ0v) is 15.7. The number of rotatable bonds is 8. The molecule has 1 atom stereocenters. The van der Waals surface area contributed by atoms with Gasteiger partial charge in [-0.3, -0.25) is 9.69 Å². The van der Waals surface area contributed by atoms with Gasteiger partial charge in [0.25, 0.3) is 5.91 Å². The van der Waals surface area contributed by atoms with Crippen LogP contribution in [0.1, 0.15) is 47.2 Å². The second kappa shape index (κ2) is 9.11. The van der Waals surface area contributed by atoms with Crippen LogP contribution < -0.4 is 5.32 Å². The minimum Gasteiger partial charge on any atom is -0.351 e. The van der Waals surface area contributed by atoms with E-state index in [0.717, 1.165) is 50.4 Å². The molecule has 0 bridgehead atoms. The van der Waals surface area contributed by atoms with Crippen molar-refractivity contribution in [2.75, 3.05) is 19.6 Å². The Hall–Kier alpha value is -1.72. The minimum atomic E-state index is -0.0299. The summed E-state index contributed by atoms with van der Waals surface area (Å²) >= 11 is 1.58. The highest BCUT2D eigenvalue weighted by Crippen LogP contribution is 2.21. The van der Waals surface area contributed by atoms with E-state index in [0.29, 0.717) is 11.6 Å². The smallest absolute Gasteiger partial charge is 0.270 e. The number of hydrogen-bond donors (Lipinski definition) is 1. The van der Waals surface area contributed by atoms with Gasteiger partial charge in [0, 0.05) is 25.0 Å². The molecule has 0 spiro atoms. The Kier molecular flexibility index (Phi) is 6.59. The van der Waals surface area contributed by atoms with Crippen LogP contribution in [-0.4, -0.2) is 35.4 Å². The van der Waals surface area contributed by atoms with Crippen molar-refractivity contribution in [3.8, 4) is 0 Å². The first-order chi connectivity index (χ1) is 12.2. The monoisotopic (exact) mass is 357 g/mol. The standard InChI is InChI=1S/C20H27N3OS/c1-2-6-19-22-18(15-25-19)20(24)21-11-9-17-10-12-23(14-17)13-16-7-4-3-5-8-16/h3-5,7-8,15,17H,2,6,9-14H2,1H3,(H,21,24)/t17-/m1/s1. The summed E-state index contributed by atoms with van der Waals surface area (Å²) in [5, 5.41) is 5.96. The molecule has 4 nitrogen and oxygen atoms in total. The molecular weight excluding hydrogens is 330 g/mol. The maximum Gasteiger partial charge on any atom is 0.270 e. The minimum absolute atomic E-state index is 0.0299. The maximum absolute atomic E-state index is 12.2. The van der Waals surface area contributed by atoms with Crippen LogP contribution in [0.15, 0.2) is 35.7 Å². The van der Waals surface area contributed by atoms with Gasteiger partial charge in [0.2, 0.25) is 0 Å². The van der Waals surface area contributed by atoms with E-state index in [9.17, 15) is 4.79 Å². The Balaban J connectivity index is 1.37. The fraction of sp³-hybridized carbons (Fsp3) is 0.500. The first-order valence-corrected chi connectivity index (χ1v) is 10.1. The molecular formula is C20H27N3OS. The van der Waals surface area contributed by atoms with Crippen molar-refractivity contribution in [2.45, 2.75) is 39.2 Å². The second-order valence-electron chi connectivity index (χ2n) is 6.80. The van der Waals surface area contributed by atoms with Crippen LogP contribution in [0.5, 0.6) is 0 Å². The summed E-state index contributed by atoms with van der Waals surface area (Å²) in [4.78, 5) is 19.1. The first kappa shape index (κ1) is 18.1. The molecule has 2 heterocycles. The second-order valence-corrected chi connectivity index (χ2v) is 7.74. The van der Waals surface area contributed by atoms with E-state index in [1.54, 1.807) is 11.3 Å². The van der Waals surface area contributed by atoms with E-state index in [1.807, 2.05) is 5.38 Å². The summed E-state index contributed by atoms with van der Waals surface area (Å²) in [7, 11) is 0. The number of hydrogen-bond acceptors (Lipinski definition) is 4. The van der Waals surface area contributed by atoms with E-state index < -0.39 is 0 Å². The molecule has 1 aliphatic rings. The summed E-state index contributed by atoms with van der Waals surface area (Å²) in [5.74, 6) is 0.646. The van der Waals surface area contributed by atoms with Crippen molar-refractivity contribution in [2.24, 2.45) is 5.92 Å². The normalized spacial score (nSPS) is 17.7. The molecule has 134 valence electrons. The molecule has 0 aliphatic carbocycles. The molecule has 5 heteroatoms. The van der Waals surface area contributed by atoms with Crippen LogP contribution in [0, 0.1) is 5.92 Å². The van der Waals surface area contributed by atoms with Gasteiger partial charge in [-0.15, -0.1) is 11.3 Å². The lowest BCUT2D eigenvalue weighted by Crippen LogP contribution is -2.27. The van der Waals surface area contributed by atoms with Gasteiger partial charge < -0.3 is 5.32 Å². The number of benzene rings is 1. The molecule has 25 heavy (non-hydrogen) atoms. The Bertz CT molecular complexity index is 671. The van der Waals surface area contributed by atoms with Crippen molar-refractivity contribution < 1.29 is 4.79 Å². The molecule has 3 rings (SSSR count). The lowest BCUT2D eigenvalue weighted by Gasteiger charge is -2.16. The molecule has 1 N–H and O–H groups in total. The summed E-state index contributed by atoms with van der Waals surface area (Å²) < 4.78 is 0. The lowest BCUT2D eigenvalue weighted by molar-refractivity contribution is 0.0947. The molecule has 0 radical (unpaired) electrons. The molecule has 2 aromatic rings. The molecule has 0 saturated carbocycles. The molecule has 0 unspecified atom stereocenters. The molecule has 1 aromatic heterocycles. The van der Waals surface area contributed by atoms with Crippen LogP contribution in [-0.2, 0) is 13.0 Å². The lowest BCUT2D eigenvalue weighted by atomic mass is 10.1. The fourth-order valence-corrected chi connectivity index (χ4v) is 4.24. The zero-order valence-electron chi connectivity index (χ0n) is 14.9. The van der Waals surface area contributed by atoms with E-state index in [1.165, 1.54) is 12.0 Å². The summed E-state index contributed by atoms with van der Waals surface area (Å²) in [6, 6.07) is 10.6. The average molecular weight is 358 g/mol. The van der Waals surface area contributed by atoms with Gasteiger partial charge in [0.15, 0.2) is 0 Å². The molecule has 1 fully saturated rings. The number of thiazole rings is 1. The molecule has 1 aliphatic heterocycles. The van der Waals surface area contributed by atoms with E-state index >= 15 is 0 Å². The Labute approximate surface area is 154 Å². The highest BCUT2D eigenvalue weighted by Gasteiger charge is 2.22. The van der Waals surface area contributed by atoms with Gasteiger partial charge in [-0.05, 0) is 43.7 Å². The van der Waals surface area contributed by atoms with Crippen LogP contribution in [0.3, 0.4) is 0 Å². The van der Waals surface area contributed by atoms with Crippen LogP contribution >= 0.6 is 11.3 Å². The van der Waals surface area contributed by atoms with Crippen molar-refractivity contribution >= 4 is 17.2 Å². The zero-order chi connectivity index (χ0) is 17.5. The van der Waals surface area contributed by atoms with E-state index in [2.05, 4.69) is 52.5 Å². The predicted molar refractivity (Wildman–Crippen MR) is 103 cm³/mol. The van der Waals surface area contributed by atoms with Gasteiger partial charge in [-0.2, -0.15) is 0 Å². The molecule has 1 saturated heterocycles. The maximum atomic E-state index is 12.2.